The zero-order valence-corrected chi connectivity index (χ0v) is 13.2. The number of nitro groups is 1. The first-order valence-electron chi connectivity index (χ1n) is 8.20. The minimum Gasteiger partial charge on any atom is -0.376 e. The molecule has 1 heterocycles. The summed E-state index contributed by atoms with van der Waals surface area (Å²) in [6.07, 6.45) is 5.42. The molecule has 1 fully saturated rings. The van der Waals surface area contributed by atoms with Gasteiger partial charge in [-0.25, -0.2) is 0 Å². The van der Waals surface area contributed by atoms with Gasteiger partial charge in [-0.15, -0.1) is 0 Å². The fraction of sp³-hybridized carbons (Fsp3) is 0.471. The van der Waals surface area contributed by atoms with Crippen LogP contribution in [0.2, 0.25) is 0 Å². The van der Waals surface area contributed by atoms with Gasteiger partial charge in [0, 0.05) is 18.0 Å². The molecular weight excluding hydrogens is 294 g/mol. The predicted molar refractivity (Wildman–Crippen MR) is 91.0 cm³/mol. The number of aromatic nitrogens is 1. The van der Waals surface area contributed by atoms with E-state index in [1.807, 2.05) is 31.2 Å². The Bertz CT molecular complexity index is 792. The van der Waals surface area contributed by atoms with Crippen LogP contribution in [-0.2, 0) is 6.54 Å². The first-order chi connectivity index (χ1) is 11.1. The van der Waals surface area contributed by atoms with Gasteiger partial charge in [0.05, 0.1) is 10.4 Å². The number of aryl methyl sites for hydroxylation is 1. The maximum atomic E-state index is 12.6. The van der Waals surface area contributed by atoms with Crippen LogP contribution < -0.4 is 10.9 Å². The van der Waals surface area contributed by atoms with Gasteiger partial charge >= 0.3 is 11.2 Å². The van der Waals surface area contributed by atoms with Crippen molar-refractivity contribution in [1.29, 1.82) is 0 Å². The summed E-state index contributed by atoms with van der Waals surface area (Å²) in [6, 6.07) is 7.59. The highest BCUT2D eigenvalue weighted by Gasteiger charge is 2.27. The second-order valence-electron chi connectivity index (χ2n) is 6.03. The summed E-state index contributed by atoms with van der Waals surface area (Å²) in [5, 5.41) is 15.6. The maximum Gasteiger partial charge on any atom is 0.357 e. The molecule has 23 heavy (non-hydrogen) atoms. The van der Waals surface area contributed by atoms with Crippen LogP contribution in [0.4, 0.5) is 11.4 Å². The molecular formula is C17H21N3O3. The van der Waals surface area contributed by atoms with Crippen LogP contribution in [0, 0.1) is 10.1 Å². The van der Waals surface area contributed by atoms with Crippen molar-refractivity contribution in [2.45, 2.75) is 51.6 Å². The quantitative estimate of drug-likeness (QED) is 0.689. The van der Waals surface area contributed by atoms with Crippen molar-refractivity contribution in [1.82, 2.24) is 4.57 Å². The summed E-state index contributed by atoms with van der Waals surface area (Å²) in [5.41, 5.74) is 0.252. The molecule has 2 aromatic rings. The number of benzene rings is 1. The number of para-hydroxylation sites is 1. The highest BCUT2D eigenvalue weighted by molar-refractivity contribution is 5.96. The van der Waals surface area contributed by atoms with Crippen LogP contribution in [-0.4, -0.2) is 15.5 Å². The van der Waals surface area contributed by atoms with Crippen LogP contribution in [0.15, 0.2) is 29.1 Å². The number of hydrogen-bond acceptors (Lipinski definition) is 4. The molecule has 0 unspecified atom stereocenters. The van der Waals surface area contributed by atoms with Crippen molar-refractivity contribution in [2.24, 2.45) is 0 Å². The van der Waals surface area contributed by atoms with Crippen molar-refractivity contribution in [3.63, 3.8) is 0 Å². The van der Waals surface area contributed by atoms with Gasteiger partial charge in [0.15, 0.2) is 0 Å². The zero-order valence-electron chi connectivity index (χ0n) is 13.2. The number of hydrogen-bond donors (Lipinski definition) is 1. The Balaban J connectivity index is 2.22. The molecule has 1 aliphatic carbocycles. The van der Waals surface area contributed by atoms with E-state index >= 15 is 0 Å². The van der Waals surface area contributed by atoms with Crippen LogP contribution in [0.5, 0.6) is 0 Å². The highest BCUT2D eigenvalue weighted by Crippen LogP contribution is 2.32. The second-order valence-corrected chi connectivity index (χ2v) is 6.03. The number of anilines is 1. The summed E-state index contributed by atoms with van der Waals surface area (Å²) < 4.78 is 1.47. The van der Waals surface area contributed by atoms with Gasteiger partial charge in [0.1, 0.15) is 5.69 Å². The molecule has 1 aliphatic rings. The largest absolute Gasteiger partial charge is 0.376 e. The molecule has 3 rings (SSSR count). The summed E-state index contributed by atoms with van der Waals surface area (Å²) in [6.45, 7) is 2.23. The summed E-state index contributed by atoms with van der Waals surface area (Å²) in [4.78, 5) is 23.6. The Morgan fingerprint density at radius 2 is 1.96 bits per heavy atom. The number of pyridine rings is 1. The lowest BCUT2D eigenvalue weighted by Gasteiger charge is -2.24. The lowest BCUT2D eigenvalue weighted by atomic mass is 9.95. The Kier molecular flexibility index (Phi) is 4.32. The molecule has 1 aromatic heterocycles. The number of rotatable bonds is 4. The third kappa shape index (κ3) is 2.81. The molecule has 6 nitrogen and oxygen atoms in total. The smallest absolute Gasteiger partial charge is 0.357 e. The molecule has 0 atom stereocenters. The molecule has 0 bridgehead atoms. The molecule has 0 radical (unpaired) electrons. The van der Waals surface area contributed by atoms with Gasteiger partial charge in [-0.2, -0.15) is 0 Å². The molecule has 1 N–H and O–H groups in total. The van der Waals surface area contributed by atoms with Gasteiger partial charge in [0.25, 0.3) is 0 Å². The lowest BCUT2D eigenvalue weighted by molar-refractivity contribution is -0.385. The van der Waals surface area contributed by atoms with Gasteiger partial charge in [0.2, 0.25) is 0 Å². The molecule has 6 heteroatoms. The predicted octanol–water partition coefficient (Wildman–Crippen LogP) is 3.67. The lowest BCUT2D eigenvalue weighted by Crippen LogP contribution is -2.28. The molecule has 0 saturated heterocycles. The van der Waals surface area contributed by atoms with E-state index < -0.39 is 10.5 Å². The Labute approximate surface area is 134 Å². The minimum atomic E-state index is -0.550. The van der Waals surface area contributed by atoms with E-state index in [4.69, 9.17) is 0 Å². The van der Waals surface area contributed by atoms with Gasteiger partial charge in [-0.1, -0.05) is 37.5 Å². The minimum absolute atomic E-state index is 0.197. The highest BCUT2D eigenvalue weighted by atomic mass is 16.6. The average molecular weight is 315 g/mol. The van der Waals surface area contributed by atoms with E-state index in [9.17, 15) is 14.9 Å². The standard InChI is InChI=1S/C17H21N3O3/c1-2-19-14-11-7-6-10-13(14)15(16(17(19)21)20(22)23)18-12-8-4-3-5-9-12/h6-7,10-12,18H,2-5,8-9H2,1H3. The molecule has 0 aliphatic heterocycles. The Hall–Kier alpha value is -2.37. The van der Waals surface area contributed by atoms with Crippen LogP contribution in [0.25, 0.3) is 10.9 Å². The van der Waals surface area contributed by atoms with E-state index in [1.54, 1.807) is 0 Å². The monoisotopic (exact) mass is 315 g/mol. The van der Waals surface area contributed by atoms with Crippen LogP contribution in [0.3, 0.4) is 0 Å². The second kappa shape index (κ2) is 6.40. The van der Waals surface area contributed by atoms with Crippen molar-refractivity contribution in [3.8, 4) is 0 Å². The summed E-state index contributed by atoms with van der Waals surface area (Å²) >= 11 is 0. The third-order valence-corrected chi connectivity index (χ3v) is 4.60. The number of nitrogens with zero attached hydrogens (tertiary/aromatic N) is 2. The van der Waals surface area contributed by atoms with Crippen molar-refractivity contribution in [3.05, 3.63) is 44.7 Å². The first kappa shape index (κ1) is 15.5. The molecule has 0 amide bonds. The van der Waals surface area contributed by atoms with Crippen LogP contribution in [0.1, 0.15) is 39.0 Å². The van der Waals surface area contributed by atoms with E-state index in [1.165, 1.54) is 11.0 Å². The molecule has 0 spiro atoms. The molecule has 122 valence electrons. The van der Waals surface area contributed by atoms with E-state index in [0.717, 1.165) is 36.6 Å². The van der Waals surface area contributed by atoms with Crippen molar-refractivity contribution < 1.29 is 4.92 Å². The topological polar surface area (TPSA) is 77.2 Å². The van der Waals surface area contributed by atoms with Crippen molar-refractivity contribution >= 4 is 22.3 Å². The van der Waals surface area contributed by atoms with Crippen molar-refractivity contribution in [2.75, 3.05) is 5.32 Å². The van der Waals surface area contributed by atoms with Gasteiger partial charge in [-0.3, -0.25) is 14.9 Å². The van der Waals surface area contributed by atoms with Gasteiger partial charge in [-0.05, 0) is 25.8 Å². The van der Waals surface area contributed by atoms with E-state index in [0.29, 0.717) is 12.2 Å². The Morgan fingerprint density at radius 1 is 1.26 bits per heavy atom. The Morgan fingerprint density at radius 3 is 2.61 bits per heavy atom. The normalized spacial score (nSPS) is 15.7. The summed E-state index contributed by atoms with van der Waals surface area (Å²) in [5.74, 6) is 0. The average Bonchev–Trinajstić information content (AvgIpc) is 2.56. The van der Waals surface area contributed by atoms with E-state index in [2.05, 4.69) is 5.32 Å². The number of fused-ring (bicyclic) bond motifs is 1. The number of nitrogens with one attached hydrogen (secondary N) is 1. The fourth-order valence-electron chi connectivity index (χ4n) is 3.47. The van der Waals surface area contributed by atoms with E-state index in [-0.39, 0.29) is 11.7 Å². The molecule has 1 aromatic carbocycles. The maximum absolute atomic E-state index is 12.6. The fourth-order valence-corrected chi connectivity index (χ4v) is 3.47. The first-order valence-corrected chi connectivity index (χ1v) is 8.20. The zero-order chi connectivity index (χ0) is 16.4. The summed E-state index contributed by atoms with van der Waals surface area (Å²) in [7, 11) is 0. The SMILES string of the molecule is CCn1c(=O)c([N+](=O)[O-])c(NC2CCCCC2)c2ccccc21. The third-order valence-electron chi connectivity index (χ3n) is 4.60. The van der Waals surface area contributed by atoms with Crippen LogP contribution >= 0.6 is 0 Å². The molecule has 1 saturated carbocycles. The van der Waals surface area contributed by atoms with Gasteiger partial charge < -0.3 is 9.88 Å².